The summed E-state index contributed by atoms with van der Waals surface area (Å²) < 4.78 is 5.13. The number of halogens is 1. The minimum absolute atomic E-state index is 0.261. The number of ether oxygens (including phenoxy) is 1. The van der Waals surface area contributed by atoms with Gasteiger partial charge in [-0.2, -0.15) is 0 Å². The van der Waals surface area contributed by atoms with Gasteiger partial charge in [0.2, 0.25) is 0 Å². The van der Waals surface area contributed by atoms with Crippen LogP contribution in [0.2, 0.25) is 5.02 Å². The number of benzene rings is 2. The van der Waals surface area contributed by atoms with Crippen LogP contribution in [0.5, 0.6) is 5.75 Å². The molecule has 1 N–H and O–H groups in total. The number of carbonyl (C=O) groups is 1. The fourth-order valence-electron chi connectivity index (χ4n) is 2.01. The van der Waals surface area contributed by atoms with Crippen LogP contribution in [0, 0.1) is 0 Å². The van der Waals surface area contributed by atoms with Crippen LogP contribution in [0.1, 0.15) is 10.5 Å². The lowest BCUT2D eigenvalue weighted by atomic mass is 10.2. The third-order valence-corrected chi connectivity index (χ3v) is 4.28. The number of rotatable bonds is 4. The molecular formula is C17H13ClN2O2S. The second-order valence-electron chi connectivity index (χ2n) is 4.73. The Kier molecular flexibility index (Phi) is 4.60. The number of thiazole rings is 1. The van der Waals surface area contributed by atoms with E-state index >= 15 is 0 Å². The van der Waals surface area contributed by atoms with E-state index in [1.165, 1.54) is 11.3 Å². The topological polar surface area (TPSA) is 51.2 Å². The van der Waals surface area contributed by atoms with Gasteiger partial charge in [0.25, 0.3) is 5.91 Å². The standard InChI is InChI=1S/C17H13ClN2O2S/c1-22-14-7-5-11(6-8-14)17-20-15(10-23-17)16(21)19-13-4-2-3-12(18)9-13/h2-10H,1H3,(H,19,21). The third kappa shape index (κ3) is 3.70. The first-order valence-corrected chi connectivity index (χ1v) is 8.08. The van der Waals surface area contributed by atoms with E-state index in [4.69, 9.17) is 16.3 Å². The molecule has 0 radical (unpaired) electrons. The average Bonchev–Trinajstić information content (AvgIpc) is 3.05. The predicted molar refractivity (Wildman–Crippen MR) is 93.5 cm³/mol. The van der Waals surface area contributed by atoms with Crippen molar-refractivity contribution in [1.29, 1.82) is 0 Å². The van der Waals surface area contributed by atoms with E-state index in [1.807, 2.05) is 24.3 Å². The Bertz CT molecular complexity index is 831. The SMILES string of the molecule is COc1ccc(-c2nc(C(=O)Nc3cccc(Cl)c3)cs2)cc1. The molecule has 2 aromatic carbocycles. The second-order valence-corrected chi connectivity index (χ2v) is 6.03. The van der Waals surface area contributed by atoms with E-state index in [-0.39, 0.29) is 5.91 Å². The maximum Gasteiger partial charge on any atom is 0.275 e. The molecule has 1 amide bonds. The smallest absolute Gasteiger partial charge is 0.275 e. The number of carbonyl (C=O) groups excluding carboxylic acids is 1. The molecule has 0 saturated carbocycles. The fraction of sp³-hybridized carbons (Fsp3) is 0.0588. The van der Waals surface area contributed by atoms with Crippen molar-refractivity contribution < 1.29 is 9.53 Å². The predicted octanol–water partition coefficient (Wildman–Crippen LogP) is 4.72. The van der Waals surface area contributed by atoms with Gasteiger partial charge in [0.15, 0.2) is 0 Å². The molecule has 116 valence electrons. The minimum atomic E-state index is -0.261. The molecule has 0 atom stereocenters. The summed E-state index contributed by atoms with van der Waals surface area (Å²) >= 11 is 7.33. The monoisotopic (exact) mass is 344 g/mol. The number of aromatic nitrogens is 1. The van der Waals surface area contributed by atoms with Gasteiger partial charge in [-0.15, -0.1) is 11.3 Å². The number of nitrogens with one attached hydrogen (secondary N) is 1. The lowest BCUT2D eigenvalue weighted by Crippen LogP contribution is -2.12. The molecule has 0 aliphatic carbocycles. The number of hydrogen-bond donors (Lipinski definition) is 1. The highest BCUT2D eigenvalue weighted by Crippen LogP contribution is 2.26. The molecule has 0 aliphatic heterocycles. The minimum Gasteiger partial charge on any atom is -0.497 e. The fourth-order valence-corrected chi connectivity index (χ4v) is 3.00. The Balaban J connectivity index is 1.76. The lowest BCUT2D eigenvalue weighted by Gasteiger charge is -2.03. The van der Waals surface area contributed by atoms with Crippen LogP contribution in [0.4, 0.5) is 5.69 Å². The summed E-state index contributed by atoms with van der Waals surface area (Å²) in [7, 11) is 1.62. The molecule has 4 nitrogen and oxygen atoms in total. The van der Waals surface area contributed by atoms with Gasteiger partial charge in [-0.1, -0.05) is 17.7 Å². The zero-order valence-corrected chi connectivity index (χ0v) is 13.8. The highest BCUT2D eigenvalue weighted by Gasteiger charge is 2.12. The molecule has 0 fully saturated rings. The van der Waals surface area contributed by atoms with E-state index in [0.717, 1.165) is 16.3 Å². The molecule has 1 aromatic heterocycles. The normalized spacial score (nSPS) is 10.3. The van der Waals surface area contributed by atoms with Crippen LogP contribution in [-0.4, -0.2) is 18.0 Å². The largest absolute Gasteiger partial charge is 0.497 e. The van der Waals surface area contributed by atoms with Crippen molar-refractivity contribution in [3.05, 3.63) is 64.6 Å². The van der Waals surface area contributed by atoms with Crippen molar-refractivity contribution in [2.75, 3.05) is 12.4 Å². The van der Waals surface area contributed by atoms with Crippen molar-refractivity contribution in [2.24, 2.45) is 0 Å². The van der Waals surface area contributed by atoms with E-state index < -0.39 is 0 Å². The molecule has 1 heterocycles. The van der Waals surface area contributed by atoms with E-state index in [1.54, 1.807) is 36.8 Å². The van der Waals surface area contributed by atoms with E-state index in [9.17, 15) is 4.79 Å². The number of nitrogens with zero attached hydrogens (tertiary/aromatic N) is 1. The Morgan fingerprint density at radius 1 is 1.22 bits per heavy atom. The van der Waals surface area contributed by atoms with Crippen LogP contribution in [-0.2, 0) is 0 Å². The van der Waals surface area contributed by atoms with Gasteiger partial charge in [-0.25, -0.2) is 4.98 Å². The molecule has 23 heavy (non-hydrogen) atoms. The zero-order valence-electron chi connectivity index (χ0n) is 12.2. The van der Waals surface area contributed by atoms with Crippen molar-refractivity contribution in [3.8, 4) is 16.3 Å². The first kappa shape index (κ1) is 15.5. The highest BCUT2D eigenvalue weighted by molar-refractivity contribution is 7.13. The average molecular weight is 345 g/mol. The van der Waals surface area contributed by atoms with Crippen molar-refractivity contribution in [3.63, 3.8) is 0 Å². The van der Waals surface area contributed by atoms with Gasteiger partial charge >= 0.3 is 0 Å². The summed E-state index contributed by atoms with van der Waals surface area (Å²) in [5.74, 6) is 0.521. The quantitative estimate of drug-likeness (QED) is 0.744. The Hall–Kier alpha value is -2.37. The number of anilines is 1. The van der Waals surface area contributed by atoms with Gasteiger partial charge in [0.05, 0.1) is 7.11 Å². The number of amides is 1. The van der Waals surface area contributed by atoms with Crippen LogP contribution < -0.4 is 10.1 Å². The van der Waals surface area contributed by atoms with Crippen LogP contribution in [0.25, 0.3) is 10.6 Å². The molecule has 3 rings (SSSR count). The van der Waals surface area contributed by atoms with Crippen molar-refractivity contribution >= 4 is 34.5 Å². The van der Waals surface area contributed by atoms with Crippen LogP contribution in [0.3, 0.4) is 0 Å². The number of methoxy groups -OCH3 is 1. The number of hydrogen-bond acceptors (Lipinski definition) is 4. The van der Waals surface area contributed by atoms with E-state index in [2.05, 4.69) is 10.3 Å². The van der Waals surface area contributed by atoms with Gasteiger partial charge in [0, 0.05) is 21.7 Å². The van der Waals surface area contributed by atoms with E-state index in [0.29, 0.717) is 16.4 Å². The molecule has 6 heteroatoms. The Morgan fingerprint density at radius 2 is 2.00 bits per heavy atom. The summed E-state index contributed by atoms with van der Waals surface area (Å²) in [4.78, 5) is 16.6. The third-order valence-electron chi connectivity index (χ3n) is 3.16. The lowest BCUT2D eigenvalue weighted by molar-refractivity contribution is 0.102. The first-order valence-electron chi connectivity index (χ1n) is 6.82. The maximum atomic E-state index is 12.2. The highest BCUT2D eigenvalue weighted by atomic mass is 35.5. The molecule has 0 spiro atoms. The molecule has 0 saturated heterocycles. The molecule has 0 bridgehead atoms. The summed E-state index contributed by atoms with van der Waals surface area (Å²) in [5.41, 5.74) is 1.96. The summed E-state index contributed by atoms with van der Waals surface area (Å²) in [6.07, 6.45) is 0. The molecule has 3 aromatic rings. The van der Waals surface area contributed by atoms with Gasteiger partial charge < -0.3 is 10.1 Å². The van der Waals surface area contributed by atoms with Crippen molar-refractivity contribution in [1.82, 2.24) is 4.98 Å². The summed E-state index contributed by atoms with van der Waals surface area (Å²) in [5, 5.41) is 5.87. The van der Waals surface area contributed by atoms with Gasteiger partial charge in [-0.05, 0) is 42.5 Å². The second kappa shape index (κ2) is 6.81. The Labute approximate surface area is 142 Å². The van der Waals surface area contributed by atoms with Crippen LogP contribution >= 0.6 is 22.9 Å². The maximum absolute atomic E-state index is 12.2. The molecule has 0 aliphatic rings. The summed E-state index contributed by atoms with van der Waals surface area (Å²) in [6, 6.07) is 14.6. The zero-order chi connectivity index (χ0) is 16.2. The molecular weight excluding hydrogens is 332 g/mol. The van der Waals surface area contributed by atoms with Gasteiger partial charge in [0.1, 0.15) is 16.5 Å². The van der Waals surface area contributed by atoms with Crippen LogP contribution in [0.15, 0.2) is 53.9 Å². The Morgan fingerprint density at radius 3 is 2.70 bits per heavy atom. The van der Waals surface area contributed by atoms with Crippen molar-refractivity contribution in [2.45, 2.75) is 0 Å². The first-order chi connectivity index (χ1) is 11.2. The molecule has 0 unspecified atom stereocenters. The van der Waals surface area contributed by atoms with Gasteiger partial charge in [-0.3, -0.25) is 4.79 Å². The summed E-state index contributed by atoms with van der Waals surface area (Å²) in [6.45, 7) is 0.